The van der Waals surface area contributed by atoms with Gasteiger partial charge in [-0.2, -0.15) is 10.1 Å². The van der Waals surface area contributed by atoms with Crippen molar-refractivity contribution in [1.29, 1.82) is 0 Å². The minimum atomic E-state index is -0.347. The highest BCUT2D eigenvalue weighted by atomic mass is 16.6. The Morgan fingerprint density at radius 2 is 2.11 bits per heavy atom. The molecule has 1 fully saturated rings. The van der Waals surface area contributed by atoms with Crippen LogP contribution in [-0.2, 0) is 4.74 Å². The largest absolute Gasteiger partial charge is 0.477 e. The van der Waals surface area contributed by atoms with Crippen molar-refractivity contribution in [2.45, 2.75) is 57.1 Å². The topological polar surface area (TPSA) is 114 Å². The summed E-state index contributed by atoms with van der Waals surface area (Å²) < 4.78 is 11.3. The van der Waals surface area contributed by atoms with E-state index in [9.17, 15) is 4.79 Å². The first-order valence-electron chi connectivity index (χ1n) is 9.40. The Hall–Kier alpha value is -2.84. The number of nitrogens with one attached hydrogen (secondary N) is 3. The Kier molecular flexibility index (Phi) is 5.08. The van der Waals surface area contributed by atoms with Gasteiger partial charge in [-0.15, -0.1) is 0 Å². The second-order valence-corrected chi connectivity index (χ2v) is 7.15. The molecule has 144 valence electrons. The Balaban J connectivity index is 1.52. The third-order valence-electron chi connectivity index (χ3n) is 4.96. The molecule has 2 aromatic rings. The Morgan fingerprint density at radius 3 is 3.04 bits per heavy atom. The number of carbonyl (C=O) groups is 1. The second kappa shape index (κ2) is 7.81. The van der Waals surface area contributed by atoms with E-state index in [1.54, 1.807) is 12.4 Å². The van der Waals surface area contributed by atoms with Crippen molar-refractivity contribution >= 4 is 17.7 Å². The van der Waals surface area contributed by atoms with Gasteiger partial charge in [-0.05, 0) is 39.0 Å². The molecule has 1 amide bonds. The molecule has 2 aromatic heterocycles. The Bertz CT molecular complexity index is 795. The number of aromatic nitrogens is 4. The fourth-order valence-corrected chi connectivity index (χ4v) is 3.57. The van der Waals surface area contributed by atoms with Gasteiger partial charge in [-0.1, -0.05) is 0 Å². The van der Waals surface area contributed by atoms with Crippen molar-refractivity contribution in [1.82, 2.24) is 25.5 Å². The first-order chi connectivity index (χ1) is 13.2. The van der Waals surface area contributed by atoms with Crippen LogP contribution in [0.1, 0.15) is 50.6 Å². The zero-order chi connectivity index (χ0) is 18.6. The van der Waals surface area contributed by atoms with Gasteiger partial charge in [0.2, 0.25) is 5.88 Å². The predicted molar refractivity (Wildman–Crippen MR) is 98.1 cm³/mol. The number of anilines is 2. The molecule has 4 rings (SSSR count). The van der Waals surface area contributed by atoms with Crippen LogP contribution in [0.4, 0.5) is 16.4 Å². The maximum absolute atomic E-state index is 12.1. The Labute approximate surface area is 157 Å². The van der Waals surface area contributed by atoms with Crippen LogP contribution in [0.15, 0.2) is 18.5 Å². The second-order valence-electron chi connectivity index (χ2n) is 7.15. The zero-order valence-electron chi connectivity index (χ0n) is 15.3. The SMILES string of the molecule is C[C@H]1CCCOc2cncc(n2)Nc2cc([nH]n2)[C@H]2CC[C@H](C2)OC(=O)N1. The summed E-state index contributed by atoms with van der Waals surface area (Å²) in [4.78, 5) is 20.7. The predicted octanol–water partition coefficient (Wildman–Crippen LogP) is 2.87. The van der Waals surface area contributed by atoms with Gasteiger partial charge in [0.25, 0.3) is 0 Å². The molecule has 9 nitrogen and oxygen atoms in total. The van der Waals surface area contributed by atoms with Gasteiger partial charge in [-0.25, -0.2) is 4.79 Å². The molecule has 1 aliphatic carbocycles. The van der Waals surface area contributed by atoms with Crippen LogP contribution >= 0.6 is 0 Å². The molecule has 0 saturated heterocycles. The summed E-state index contributed by atoms with van der Waals surface area (Å²) in [5.41, 5.74) is 1.03. The van der Waals surface area contributed by atoms with Gasteiger partial charge < -0.3 is 20.1 Å². The number of H-pyrrole nitrogens is 1. The molecular formula is C18H24N6O3. The minimum absolute atomic E-state index is 0.0198. The molecule has 1 saturated carbocycles. The van der Waals surface area contributed by atoms with Crippen LogP contribution < -0.4 is 15.4 Å². The fraction of sp³-hybridized carbons (Fsp3) is 0.556. The molecule has 2 aliphatic rings. The van der Waals surface area contributed by atoms with E-state index in [0.717, 1.165) is 37.8 Å². The fourth-order valence-electron chi connectivity index (χ4n) is 3.57. The lowest BCUT2D eigenvalue weighted by Crippen LogP contribution is -2.35. The third kappa shape index (κ3) is 4.47. The summed E-state index contributed by atoms with van der Waals surface area (Å²) in [6, 6.07) is 1.99. The van der Waals surface area contributed by atoms with E-state index in [0.29, 0.717) is 30.0 Å². The number of nitrogens with zero attached hydrogens (tertiary/aromatic N) is 3. The number of fused-ring (bicyclic) bond motifs is 7. The number of hydrogen-bond acceptors (Lipinski definition) is 7. The van der Waals surface area contributed by atoms with Crippen LogP contribution in [0.5, 0.6) is 5.88 Å². The lowest BCUT2D eigenvalue weighted by molar-refractivity contribution is 0.0969. The first-order valence-corrected chi connectivity index (χ1v) is 9.40. The lowest BCUT2D eigenvalue weighted by Gasteiger charge is -2.17. The molecule has 27 heavy (non-hydrogen) atoms. The molecule has 1 aliphatic heterocycles. The highest BCUT2D eigenvalue weighted by Crippen LogP contribution is 2.36. The summed E-state index contributed by atoms with van der Waals surface area (Å²) in [6.45, 7) is 2.46. The maximum Gasteiger partial charge on any atom is 0.407 e. The smallest absolute Gasteiger partial charge is 0.407 e. The molecule has 3 atom stereocenters. The highest BCUT2D eigenvalue weighted by Gasteiger charge is 2.30. The van der Waals surface area contributed by atoms with Gasteiger partial charge in [0, 0.05) is 23.7 Å². The van der Waals surface area contributed by atoms with Crippen molar-refractivity contribution in [2.75, 3.05) is 11.9 Å². The van der Waals surface area contributed by atoms with Crippen molar-refractivity contribution < 1.29 is 14.3 Å². The van der Waals surface area contributed by atoms with Crippen molar-refractivity contribution in [2.24, 2.45) is 0 Å². The van der Waals surface area contributed by atoms with E-state index in [-0.39, 0.29) is 18.2 Å². The van der Waals surface area contributed by atoms with Gasteiger partial charge in [0.05, 0.1) is 19.0 Å². The van der Waals surface area contributed by atoms with E-state index in [1.807, 2.05) is 13.0 Å². The molecule has 9 heteroatoms. The van der Waals surface area contributed by atoms with Gasteiger partial charge in [0.1, 0.15) is 6.10 Å². The number of rotatable bonds is 0. The quantitative estimate of drug-likeness (QED) is 0.651. The molecule has 3 heterocycles. The summed E-state index contributed by atoms with van der Waals surface area (Å²) >= 11 is 0. The van der Waals surface area contributed by atoms with Crippen LogP contribution in [0.25, 0.3) is 0 Å². The maximum atomic E-state index is 12.1. The normalized spacial score (nSPS) is 26.0. The van der Waals surface area contributed by atoms with Gasteiger partial charge in [0.15, 0.2) is 11.6 Å². The Morgan fingerprint density at radius 1 is 1.19 bits per heavy atom. The van der Waals surface area contributed by atoms with E-state index in [1.165, 1.54) is 0 Å². The van der Waals surface area contributed by atoms with Crippen LogP contribution in [0, 0.1) is 0 Å². The monoisotopic (exact) mass is 372 g/mol. The van der Waals surface area contributed by atoms with Crippen LogP contribution in [0.2, 0.25) is 0 Å². The highest BCUT2D eigenvalue weighted by molar-refractivity contribution is 5.67. The first kappa shape index (κ1) is 17.6. The molecule has 3 N–H and O–H groups in total. The molecule has 0 spiro atoms. The molecule has 6 bridgehead atoms. The number of aromatic amines is 1. The number of carbonyl (C=O) groups excluding carboxylic acids is 1. The van der Waals surface area contributed by atoms with Crippen molar-refractivity contribution in [3.05, 3.63) is 24.2 Å². The number of alkyl carbamates (subject to hydrolysis) is 1. The number of ether oxygens (including phenoxy) is 2. The molecular weight excluding hydrogens is 348 g/mol. The molecule has 0 radical (unpaired) electrons. The summed E-state index contributed by atoms with van der Waals surface area (Å²) in [5, 5.41) is 13.4. The van der Waals surface area contributed by atoms with Crippen LogP contribution in [-0.4, -0.2) is 45.0 Å². The summed E-state index contributed by atoms with van der Waals surface area (Å²) in [6.07, 6.45) is 7.00. The summed E-state index contributed by atoms with van der Waals surface area (Å²) in [5.74, 6) is 2.01. The molecule has 0 aromatic carbocycles. The van der Waals surface area contributed by atoms with Crippen molar-refractivity contribution in [3.8, 4) is 5.88 Å². The van der Waals surface area contributed by atoms with Gasteiger partial charge in [-0.3, -0.25) is 10.1 Å². The van der Waals surface area contributed by atoms with Gasteiger partial charge >= 0.3 is 6.09 Å². The van der Waals surface area contributed by atoms with E-state index < -0.39 is 0 Å². The van der Waals surface area contributed by atoms with E-state index in [4.69, 9.17) is 9.47 Å². The average molecular weight is 372 g/mol. The summed E-state index contributed by atoms with van der Waals surface area (Å²) in [7, 11) is 0. The number of hydrogen-bond donors (Lipinski definition) is 3. The van der Waals surface area contributed by atoms with E-state index >= 15 is 0 Å². The van der Waals surface area contributed by atoms with E-state index in [2.05, 4.69) is 30.8 Å². The molecule has 0 unspecified atom stereocenters. The zero-order valence-corrected chi connectivity index (χ0v) is 15.3. The lowest BCUT2D eigenvalue weighted by atomic mass is 10.0. The average Bonchev–Trinajstić information content (AvgIpc) is 3.28. The minimum Gasteiger partial charge on any atom is -0.477 e. The number of amides is 1. The third-order valence-corrected chi connectivity index (χ3v) is 4.96. The van der Waals surface area contributed by atoms with Crippen LogP contribution in [0.3, 0.4) is 0 Å². The standard InChI is InChI=1S/C18H24N6O3/c1-11-3-2-6-26-17-10-19-9-16(22-17)21-15-8-14(23-24-15)12-4-5-13(7-12)27-18(25)20-11/h8-13H,2-7H2,1H3,(H,20,25)(H2,21,22,23,24)/t11-,12-,13+/m0/s1. The van der Waals surface area contributed by atoms with Crippen molar-refractivity contribution in [3.63, 3.8) is 0 Å².